The van der Waals surface area contributed by atoms with Crippen molar-refractivity contribution in [2.75, 3.05) is 26.2 Å². The van der Waals surface area contributed by atoms with Crippen molar-refractivity contribution in [3.05, 3.63) is 71.3 Å². The van der Waals surface area contributed by atoms with E-state index in [1.807, 2.05) is 63.2 Å². The van der Waals surface area contributed by atoms with E-state index in [1.165, 1.54) is 10.5 Å². The normalized spacial score (nSPS) is 13.9. The Hall–Kier alpha value is -3.48. The zero-order valence-electron chi connectivity index (χ0n) is 19.5. The van der Waals surface area contributed by atoms with Crippen molar-refractivity contribution in [3.8, 4) is 5.75 Å². The van der Waals surface area contributed by atoms with E-state index in [-0.39, 0.29) is 0 Å². The summed E-state index contributed by atoms with van der Waals surface area (Å²) < 4.78 is 11.1. The van der Waals surface area contributed by atoms with Crippen molar-refractivity contribution < 1.29 is 24.2 Å². The van der Waals surface area contributed by atoms with Gasteiger partial charge >= 0.3 is 12.2 Å². The Labute approximate surface area is 195 Å². The van der Waals surface area contributed by atoms with E-state index in [0.29, 0.717) is 44.8 Å². The summed E-state index contributed by atoms with van der Waals surface area (Å²) in [5.41, 5.74) is 3.94. The summed E-state index contributed by atoms with van der Waals surface area (Å²) in [6.07, 6.45) is 0.0531. The Morgan fingerprint density at radius 1 is 1.00 bits per heavy atom. The molecule has 1 aliphatic rings. The molecule has 7 heteroatoms. The number of hydrogen-bond acceptors (Lipinski definition) is 4. The van der Waals surface area contributed by atoms with Gasteiger partial charge in [-0.3, -0.25) is 0 Å². The van der Waals surface area contributed by atoms with Crippen LogP contribution in [0, 0.1) is 0 Å². The molecule has 1 aliphatic heterocycles. The first kappa shape index (κ1) is 24.2. The first-order valence-electron chi connectivity index (χ1n) is 11.2. The lowest BCUT2D eigenvalue weighted by Gasteiger charge is -2.28. The second kappa shape index (κ2) is 10.9. The third kappa shape index (κ3) is 7.27. The Morgan fingerprint density at radius 2 is 1.67 bits per heavy atom. The molecule has 3 rings (SSSR count). The average Bonchev–Trinajstić information content (AvgIpc) is 2.77. The maximum atomic E-state index is 11.8. The van der Waals surface area contributed by atoms with Gasteiger partial charge in [0.1, 0.15) is 18.0 Å². The van der Waals surface area contributed by atoms with E-state index in [1.54, 1.807) is 0 Å². The van der Waals surface area contributed by atoms with Crippen LogP contribution in [0.25, 0.3) is 5.57 Å². The largest absolute Gasteiger partial charge is 0.492 e. The molecule has 0 spiro atoms. The predicted octanol–water partition coefficient (Wildman–Crippen LogP) is 5.17. The van der Waals surface area contributed by atoms with Gasteiger partial charge in [0.2, 0.25) is 0 Å². The molecule has 7 nitrogen and oxygen atoms in total. The molecule has 1 heterocycles. The van der Waals surface area contributed by atoms with E-state index in [4.69, 9.17) is 9.47 Å². The highest BCUT2D eigenvalue weighted by molar-refractivity contribution is 5.83. The minimum Gasteiger partial charge on any atom is -0.492 e. The number of carboxylic acid groups (broad SMARTS) is 1. The fourth-order valence-corrected chi connectivity index (χ4v) is 3.78. The van der Waals surface area contributed by atoms with Crippen molar-refractivity contribution in [2.45, 2.75) is 39.2 Å². The maximum absolute atomic E-state index is 11.8. The number of carbonyl (C=O) groups excluding carboxylic acids is 1. The number of nitrogens with one attached hydrogen (secondary N) is 1. The van der Waals surface area contributed by atoms with Gasteiger partial charge in [0.05, 0.1) is 6.54 Å². The summed E-state index contributed by atoms with van der Waals surface area (Å²) in [5.74, 6) is 0.704. The van der Waals surface area contributed by atoms with Gasteiger partial charge in [-0.25, -0.2) is 9.59 Å². The highest BCUT2D eigenvalue weighted by Gasteiger charge is 2.22. The highest BCUT2D eigenvalue weighted by Crippen LogP contribution is 2.33. The van der Waals surface area contributed by atoms with E-state index >= 15 is 0 Å². The van der Waals surface area contributed by atoms with Crippen LogP contribution in [0.15, 0.2) is 60.2 Å². The van der Waals surface area contributed by atoms with Gasteiger partial charge in [-0.1, -0.05) is 48.0 Å². The quantitative estimate of drug-likeness (QED) is 0.591. The van der Waals surface area contributed by atoms with E-state index in [9.17, 15) is 14.7 Å². The van der Waals surface area contributed by atoms with Crippen molar-refractivity contribution in [3.63, 3.8) is 0 Å². The monoisotopic (exact) mass is 452 g/mol. The number of piperidine rings is 1. The number of amides is 2. The molecule has 2 aromatic rings. The summed E-state index contributed by atoms with van der Waals surface area (Å²) in [7, 11) is 0. The van der Waals surface area contributed by atoms with Crippen LogP contribution in [0.5, 0.6) is 5.75 Å². The lowest BCUT2D eigenvalue weighted by Crippen LogP contribution is -2.35. The number of hydrogen-bond donors (Lipinski definition) is 2. The molecule has 0 aliphatic carbocycles. The SMILES string of the molecule is CC(C)(C)OC(=O)NCCOc1cccc(C(=C2CCN(C(=O)O)CC2)c2ccccc2)c1. The fraction of sp³-hybridized carbons (Fsp3) is 0.385. The van der Waals surface area contributed by atoms with Crippen LogP contribution >= 0.6 is 0 Å². The molecule has 2 amide bonds. The maximum Gasteiger partial charge on any atom is 0.407 e. The number of alkyl carbamates (subject to hydrolysis) is 1. The van der Waals surface area contributed by atoms with Gasteiger partial charge in [0.15, 0.2) is 0 Å². The Bertz CT molecular complexity index is 985. The van der Waals surface area contributed by atoms with Gasteiger partial charge in [0, 0.05) is 13.1 Å². The molecule has 0 saturated carbocycles. The molecule has 0 unspecified atom stereocenters. The van der Waals surface area contributed by atoms with Crippen LogP contribution in [0.3, 0.4) is 0 Å². The first-order valence-corrected chi connectivity index (χ1v) is 11.2. The van der Waals surface area contributed by atoms with Crippen LogP contribution < -0.4 is 10.1 Å². The number of nitrogens with zero attached hydrogens (tertiary/aromatic N) is 1. The van der Waals surface area contributed by atoms with Crippen LogP contribution in [-0.2, 0) is 4.74 Å². The number of benzene rings is 2. The number of ether oxygens (including phenoxy) is 2. The van der Waals surface area contributed by atoms with E-state index < -0.39 is 17.8 Å². The zero-order valence-corrected chi connectivity index (χ0v) is 19.5. The second-order valence-electron chi connectivity index (χ2n) is 8.92. The molecular formula is C26H32N2O5. The second-order valence-corrected chi connectivity index (χ2v) is 8.92. The Balaban J connectivity index is 1.73. The third-order valence-corrected chi connectivity index (χ3v) is 5.22. The van der Waals surface area contributed by atoms with E-state index in [0.717, 1.165) is 16.7 Å². The number of carbonyl (C=O) groups is 2. The van der Waals surface area contributed by atoms with Gasteiger partial charge in [-0.2, -0.15) is 0 Å². The van der Waals surface area contributed by atoms with Gasteiger partial charge in [-0.15, -0.1) is 0 Å². The molecule has 0 atom stereocenters. The number of rotatable bonds is 6. The lowest BCUT2D eigenvalue weighted by molar-refractivity contribution is 0.0520. The molecule has 0 radical (unpaired) electrons. The molecule has 33 heavy (non-hydrogen) atoms. The Morgan fingerprint density at radius 3 is 2.30 bits per heavy atom. The first-order chi connectivity index (χ1) is 15.7. The zero-order chi connectivity index (χ0) is 23.8. The summed E-state index contributed by atoms with van der Waals surface area (Å²) in [6.45, 7) is 7.09. The summed E-state index contributed by atoms with van der Waals surface area (Å²) in [4.78, 5) is 24.5. The molecule has 2 aromatic carbocycles. The highest BCUT2D eigenvalue weighted by atomic mass is 16.6. The molecule has 2 N–H and O–H groups in total. The molecule has 0 aromatic heterocycles. The molecule has 1 fully saturated rings. The number of likely N-dealkylation sites (tertiary alicyclic amines) is 1. The summed E-state index contributed by atoms with van der Waals surface area (Å²) >= 11 is 0. The van der Waals surface area contributed by atoms with Crippen molar-refractivity contribution >= 4 is 17.8 Å². The summed E-state index contributed by atoms with van der Waals surface area (Å²) in [6, 6.07) is 18.0. The minimum atomic E-state index is -0.870. The minimum absolute atomic E-state index is 0.313. The van der Waals surface area contributed by atoms with Crippen LogP contribution in [0.1, 0.15) is 44.7 Å². The van der Waals surface area contributed by atoms with Crippen molar-refractivity contribution in [2.24, 2.45) is 0 Å². The van der Waals surface area contributed by atoms with Crippen molar-refractivity contribution in [1.29, 1.82) is 0 Å². The lowest BCUT2D eigenvalue weighted by atomic mass is 9.88. The fourth-order valence-electron chi connectivity index (χ4n) is 3.78. The molecule has 1 saturated heterocycles. The molecule has 0 bridgehead atoms. The van der Waals surface area contributed by atoms with E-state index in [2.05, 4.69) is 17.4 Å². The van der Waals surface area contributed by atoms with Crippen LogP contribution in [-0.4, -0.2) is 54.0 Å². The van der Waals surface area contributed by atoms with Crippen LogP contribution in [0.4, 0.5) is 9.59 Å². The third-order valence-electron chi connectivity index (χ3n) is 5.22. The Kier molecular flexibility index (Phi) is 7.98. The predicted molar refractivity (Wildman–Crippen MR) is 127 cm³/mol. The standard InChI is InChI=1S/C26H32N2O5/c1-26(2,3)33-24(29)27-14-17-32-22-11-7-10-21(18-22)23(19-8-5-4-6-9-19)20-12-15-28(16-13-20)25(30)31/h4-11,18H,12-17H2,1-3H3,(H,27,29)(H,30,31). The van der Waals surface area contributed by atoms with Gasteiger partial charge in [-0.05, 0) is 62.4 Å². The summed E-state index contributed by atoms with van der Waals surface area (Å²) in [5, 5.41) is 12.0. The van der Waals surface area contributed by atoms with Gasteiger partial charge < -0.3 is 24.8 Å². The average molecular weight is 453 g/mol. The smallest absolute Gasteiger partial charge is 0.407 e. The van der Waals surface area contributed by atoms with Gasteiger partial charge in [0.25, 0.3) is 0 Å². The topological polar surface area (TPSA) is 88.1 Å². The van der Waals surface area contributed by atoms with Crippen molar-refractivity contribution in [1.82, 2.24) is 10.2 Å². The molecular weight excluding hydrogens is 420 g/mol. The molecule has 176 valence electrons. The van der Waals surface area contributed by atoms with Crippen LogP contribution in [0.2, 0.25) is 0 Å².